The van der Waals surface area contributed by atoms with Crippen molar-refractivity contribution >= 4 is 56.4 Å². The number of aliphatic hydroxyl groups is 1. The lowest BCUT2D eigenvalue weighted by atomic mass is 9.61. The maximum atomic E-state index is 13.6. The molecule has 3 fully saturated rings. The van der Waals surface area contributed by atoms with Gasteiger partial charge in [-0.25, -0.2) is 4.79 Å². The van der Waals surface area contributed by atoms with Crippen molar-refractivity contribution in [1.82, 2.24) is 9.80 Å². The fourth-order valence-electron chi connectivity index (χ4n) is 7.00. The molecular formula is C29H26ClN3O4S. The SMILES string of the molecule is NC(=O)N1C(=O)C2C(C1=O)C1C=C(c3ccc(CO)cc3)C2C(C2CC2)N1Cc1sc2ccccc2c1Cl. The maximum absolute atomic E-state index is 13.6. The first-order valence-electron chi connectivity index (χ1n) is 12.9. The number of carbonyl (C=O) groups excluding carboxylic acids is 3. The van der Waals surface area contributed by atoms with Gasteiger partial charge in [-0.05, 0) is 41.5 Å². The summed E-state index contributed by atoms with van der Waals surface area (Å²) < 4.78 is 1.11. The number of rotatable bonds is 5. The fourth-order valence-corrected chi connectivity index (χ4v) is 8.50. The summed E-state index contributed by atoms with van der Waals surface area (Å²) >= 11 is 8.52. The van der Waals surface area contributed by atoms with Crippen LogP contribution in [0.1, 0.15) is 28.8 Å². The Morgan fingerprint density at radius 3 is 2.39 bits per heavy atom. The molecule has 2 aliphatic carbocycles. The van der Waals surface area contributed by atoms with Gasteiger partial charge in [0.2, 0.25) is 11.8 Å². The highest BCUT2D eigenvalue weighted by molar-refractivity contribution is 7.19. The van der Waals surface area contributed by atoms with Crippen molar-refractivity contribution in [3.05, 3.63) is 75.6 Å². The molecule has 3 aliphatic heterocycles. The number of hydrogen-bond donors (Lipinski definition) is 2. The molecule has 0 spiro atoms. The number of halogens is 1. The summed E-state index contributed by atoms with van der Waals surface area (Å²) in [6.07, 6.45) is 4.23. The predicted octanol–water partition coefficient (Wildman–Crippen LogP) is 4.40. The Morgan fingerprint density at radius 1 is 1.03 bits per heavy atom. The van der Waals surface area contributed by atoms with E-state index in [4.69, 9.17) is 17.3 Å². The van der Waals surface area contributed by atoms with E-state index in [9.17, 15) is 19.5 Å². The monoisotopic (exact) mass is 547 g/mol. The number of fused-ring (bicyclic) bond motifs is 2. The number of amides is 4. The molecule has 9 heteroatoms. The minimum Gasteiger partial charge on any atom is -0.392 e. The fraction of sp³-hybridized carbons (Fsp3) is 0.345. The number of primary amides is 1. The van der Waals surface area contributed by atoms with Crippen molar-refractivity contribution < 1.29 is 19.5 Å². The molecule has 3 N–H and O–H groups in total. The number of thiophene rings is 1. The molecule has 2 saturated heterocycles. The van der Waals surface area contributed by atoms with E-state index in [1.165, 1.54) is 0 Å². The molecule has 3 aromatic rings. The lowest BCUT2D eigenvalue weighted by molar-refractivity contribution is -0.136. The van der Waals surface area contributed by atoms with Gasteiger partial charge < -0.3 is 10.8 Å². The number of urea groups is 1. The van der Waals surface area contributed by atoms with E-state index in [0.717, 1.165) is 49.5 Å². The van der Waals surface area contributed by atoms with Crippen molar-refractivity contribution in [2.45, 2.75) is 38.1 Å². The molecule has 5 unspecified atom stereocenters. The number of nitrogens with two attached hydrogens (primary N) is 1. The Balaban J connectivity index is 1.37. The van der Waals surface area contributed by atoms with Gasteiger partial charge in [-0.15, -0.1) is 11.3 Å². The third-order valence-electron chi connectivity index (χ3n) is 8.72. The first-order valence-corrected chi connectivity index (χ1v) is 14.1. The molecule has 4 heterocycles. The molecule has 1 aromatic heterocycles. The van der Waals surface area contributed by atoms with Crippen LogP contribution in [-0.2, 0) is 22.7 Å². The molecule has 1 saturated carbocycles. The van der Waals surface area contributed by atoms with Gasteiger partial charge in [-0.2, -0.15) is 4.90 Å². The van der Waals surface area contributed by atoms with Gasteiger partial charge >= 0.3 is 6.03 Å². The molecule has 0 radical (unpaired) electrons. The number of imide groups is 3. The van der Waals surface area contributed by atoms with Crippen molar-refractivity contribution in [2.75, 3.05) is 0 Å². The predicted molar refractivity (Wildman–Crippen MR) is 145 cm³/mol. The Hall–Kier alpha value is -3.04. The number of benzene rings is 2. The van der Waals surface area contributed by atoms with E-state index >= 15 is 0 Å². The third-order valence-corrected chi connectivity index (χ3v) is 10.4. The van der Waals surface area contributed by atoms with Crippen LogP contribution in [0.3, 0.4) is 0 Å². The van der Waals surface area contributed by atoms with Crippen LogP contribution in [-0.4, -0.2) is 44.8 Å². The van der Waals surface area contributed by atoms with Crippen LogP contribution in [0.15, 0.2) is 54.6 Å². The van der Waals surface area contributed by atoms with E-state index in [-0.39, 0.29) is 24.6 Å². The number of aliphatic hydroxyl groups excluding tert-OH is 1. The lowest BCUT2D eigenvalue weighted by Gasteiger charge is -2.55. The summed E-state index contributed by atoms with van der Waals surface area (Å²) in [5.74, 6) is -2.14. The second-order valence-electron chi connectivity index (χ2n) is 10.7. The standard InChI is InChI=1S/C29H26ClN3O4S/c30-25-17-3-1-2-4-20(17)38-21(25)12-32-19-11-18(15-7-5-14(13-34)6-8-15)22(26(32)16-9-10-16)24-23(19)27(35)33(28(24)36)29(31)37/h1-8,11,16,19,22-24,26,34H,9-10,12-13H2,(H2,31,37). The van der Waals surface area contributed by atoms with Crippen LogP contribution in [0.4, 0.5) is 4.79 Å². The van der Waals surface area contributed by atoms with Gasteiger partial charge in [-0.1, -0.05) is 60.1 Å². The van der Waals surface area contributed by atoms with Gasteiger partial charge in [0.05, 0.1) is 23.5 Å². The van der Waals surface area contributed by atoms with Crippen LogP contribution in [0.5, 0.6) is 0 Å². The lowest BCUT2D eigenvalue weighted by Crippen LogP contribution is -2.62. The van der Waals surface area contributed by atoms with E-state index in [1.807, 2.05) is 42.5 Å². The van der Waals surface area contributed by atoms with Gasteiger partial charge in [0, 0.05) is 39.5 Å². The van der Waals surface area contributed by atoms with Crippen molar-refractivity contribution in [3.8, 4) is 0 Å². The molecule has 7 nitrogen and oxygen atoms in total. The van der Waals surface area contributed by atoms with Crippen molar-refractivity contribution in [2.24, 2.45) is 29.4 Å². The Labute approximate surface area is 228 Å². The van der Waals surface area contributed by atoms with Crippen molar-refractivity contribution in [1.29, 1.82) is 0 Å². The van der Waals surface area contributed by atoms with Crippen LogP contribution < -0.4 is 5.73 Å². The molecule has 38 heavy (non-hydrogen) atoms. The molecule has 5 aliphatic rings. The number of nitrogens with zero attached hydrogens (tertiary/aromatic N) is 2. The zero-order chi connectivity index (χ0) is 26.3. The molecule has 5 atom stereocenters. The minimum atomic E-state index is -1.01. The van der Waals surface area contributed by atoms with Crippen LogP contribution in [0, 0.1) is 23.7 Å². The smallest absolute Gasteiger partial charge is 0.328 e. The first-order chi connectivity index (χ1) is 18.4. The Kier molecular flexibility index (Phi) is 5.53. The van der Waals surface area contributed by atoms with E-state index < -0.39 is 29.7 Å². The molecule has 8 rings (SSSR count). The quantitative estimate of drug-likeness (QED) is 0.461. The highest BCUT2D eigenvalue weighted by Crippen LogP contribution is 2.58. The summed E-state index contributed by atoms with van der Waals surface area (Å²) in [5, 5.41) is 11.3. The molecule has 194 valence electrons. The molecule has 2 aromatic carbocycles. The van der Waals surface area contributed by atoms with Crippen LogP contribution in [0.25, 0.3) is 15.7 Å². The van der Waals surface area contributed by atoms with E-state index in [2.05, 4.69) is 17.0 Å². The zero-order valence-electron chi connectivity index (χ0n) is 20.4. The van der Waals surface area contributed by atoms with E-state index in [0.29, 0.717) is 17.4 Å². The summed E-state index contributed by atoms with van der Waals surface area (Å²) in [5.41, 5.74) is 8.33. The van der Waals surface area contributed by atoms with Gasteiger partial charge in [0.25, 0.3) is 0 Å². The third kappa shape index (κ3) is 3.44. The van der Waals surface area contributed by atoms with Crippen LogP contribution in [0.2, 0.25) is 5.02 Å². The average Bonchev–Trinajstić information content (AvgIpc) is 3.66. The van der Waals surface area contributed by atoms with Gasteiger partial charge in [0.15, 0.2) is 0 Å². The van der Waals surface area contributed by atoms with Crippen molar-refractivity contribution in [3.63, 3.8) is 0 Å². The van der Waals surface area contributed by atoms with E-state index in [1.54, 1.807) is 11.3 Å². The average molecular weight is 548 g/mol. The summed E-state index contributed by atoms with van der Waals surface area (Å²) in [7, 11) is 0. The second-order valence-corrected chi connectivity index (χ2v) is 12.2. The topological polar surface area (TPSA) is 104 Å². The van der Waals surface area contributed by atoms with Gasteiger partial charge in [0.1, 0.15) is 0 Å². The summed E-state index contributed by atoms with van der Waals surface area (Å²) in [4.78, 5) is 43.4. The number of piperidine rings is 1. The highest BCUT2D eigenvalue weighted by Gasteiger charge is 2.66. The normalized spacial score (nSPS) is 28.7. The summed E-state index contributed by atoms with van der Waals surface area (Å²) in [6, 6.07) is 14.4. The largest absolute Gasteiger partial charge is 0.392 e. The summed E-state index contributed by atoms with van der Waals surface area (Å²) in [6.45, 7) is 0.514. The maximum Gasteiger partial charge on any atom is 0.328 e. The minimum absolute atomic E-state index is 0.0321. The highest BCUT2D eigenvalue weighted by atomic mass is 35.5. The number of carbonyl (C=O) groups is 3. The van der Waals surface area contributed by atoms with Crippen LogP contribution >= 0.6 is 22.9 Å². The Bertz CT molecular complexity index is 1530. The molecular weight excluding hydrogens is 522 g/mol. The Morgan fingerprint density at radius 2 is 1.74 bits per heavy atom. The zero-order valence-corrected chi connectivity index (χ0v) is 22.0. The number of hydrogen-bond acceptors (Lipinski definition) is 6. The molecule has 2 bridgehead atoms. The molecule has 4 amide bonds. The van der Waals surface area contributed by atoms with Gasteiger partial charge in [-0.3, -0.25) is 14.5 Å². The second kappa shape index (κ2) is 8.74. The number of likely N-dealkylation sites (tertiary alicyclic amines) is 1. The first kappa shape index (κ1) is 24.0.